The highest BCUT2D eigenvalue weighted by Crippen LogP contribution is 2.33. The van der Waals surface area contributed by atoms with Gasteiger partial charge < -0.3 is 19.1 Å². The zero-order valence-corrected chi connectivity index (χ0v) is 26.4. The lowest BCUT2D eigenvalue weighted by Crippen LogP contribution is -2.47. The Balaban J connectivity index is 1.30. The van der Waals surface area contributed by atoms with Gasteiger partial charge in [0.1, 0.15) is 11.6 Å². The van der Waals surface area contributed by atoms with Gasteiger partial charge in [-0.05, 0) is 58.8 Å². The number of fused-ring (bicyclic) bond motifs is 1. The summed E-state index contributed by atoms with van der Waals surface area (Å²) in [5.74, 6) is 0.605. The number of nitrogens with zero attached hydrogens (tertiary/aromatic N) is 1. The van der Waals surface area contributed by atoms with Crippen LogP contribution in [0.1, 0.15) is 29.0 Å². The Morgan fingerprint density at radius 1 is 0.907 bits per heavy atom. The number of rotatable bonds is 11. The van der Waals surface area contributed by atoms with Gasteiger partial charge in [0.05, 0.1) is 32.5 Å². The van der Waals surface area contributed by atoms with Crippen molar-refractivity contribution >= 4 is 24.9 Å². The number of amides is 1. The molecule has 4 aromatic rings. The fourth-order valence-corrected chi connectivity index (χ4v) is 6.26. The van der Waals surface area contributed by atoms with Crippen molar-refractivity contribution in [1.82, 2.24) is 4.90 Å². The zero-order valence-electron chi connectivity index (χ0n) is 25.4. The summed E-state index contributed by atoms with van der Waals surface area (Å²) in [6.45, 7) is 9.18. The van der Waals surface area contributed by atoms with Crippen LogP contribution in [0.25, 0.3) is 10.8 Å². The van der Waals surface area contributed by atoms with E-state index >= 15 is 0 Å². The summed E-state index contributed by atoms with van der Waals surface area (Å²) in [5, 5.41) is 2.15. The van der Waals surface area contributed by atoms with Gasteiger partial charge in [-0.15, -0.1) is 0 Å². The minimum absolute atomic E-state index is 0.0358. The molecule has 4 aromatic carbocycles. The normalized spacial score (nSPS) is 17.2. The molecule has 0 radical (unpaired) electrons. The molecule has 1 amide bonds. The summed E-state index contributed by atoms with van der Waals surface area (Å²) in [6, 6.07) is 30.3. The number of carbonyl (C=O) groups excluding carboxylic acids is 1. The first-order chi connectivity index (χ1) is 20.7. The monoisotopic (exact) mass is 599 g/mol. The maximum absolute atomic E-state index is 13.7. The molecule has 0 aromatic heterocycles. The molecule has 1 heterocycles. The lowest BCUT2D eigenvalue weighted by Gasteiger charge is -2.38. The van der Waals surface area contributed by atoms with Crippen molar-refractivity contribution in [2.75, 3.05) is 26.3 Å². The lowest BCUT2D eigenvalue weighted by atomic mass is 9.87. The van der Waals surface area contributed by atoms with Crippen molar-refractivity contribution in [3.63, 3.8) is 0 Å². The average Bonchev–Trinajstić information content (AvgIpc) is 3.00. The molecule has 2 atom stereocenters. The van der Waals surface area contributed by atoms with E-state index in [1.165, 1.54) is 17.7 Å². The van der Waals surface area contributed by atoms with Crippen LogP contribution >= 0.6 is 0 Å². The van der Waals surface area contributed by atoms with Crippen LogP contribution < -0.4 is 4.74 Å². The first kappa shape index (κ1) is 30.8. The Morgan fingerprint density at radius 2 is 1.65 bits per heavy atom. The van der Waals surface area contributed by atoms with Crippen LogP contribution in [0.5, 0.6) is 5.75 Å². The molecule has 0 spiro atoms. The second kappa shape index (κ2) is 14.2. The van der Waals surface area contributed by atoms with Crippen LogP contribution in [-0.2, 0) is 22.5 Å². The maximum atomic E-state index is 13.7. The fraction of sp³-hybridized carbons (Fsp3) is 0.361. The minimum atomic E-state index is -1.31. The maximum Gasteiger partial charge on any atom is 0.409 e. The summed E-state index contributed by atoms with van der Waals surface area (Å²) < 4.78 is 32.3. The van der Waals surface area contributed by atoms with Gasteiger partial charge in [-0.1, -0.05) is 86.4 Å². The number of carbonyl (C=O) groups is 1. The topological polar surface area (TPSA) is 48.0 Å². The molecule has 226 valence electrons. The van der Waals surface area contributed by atoms with Crippen LogP contribution in [0.3, 0.4) is 0 Å². The van der Waals surface area contributed by atoms with E-state index in [1.54, 1.807) is 4.90 Å². The quantitative estimate of drug-likeness (QED) is 0.162. The highest BCUT2D eigenvalue weighted by molar-refractivity contribution is 6.76. The SMILES string of the molecule is C[Si](C)(C)CCOC(=O)N1CCC(c2ccc(F)cc2)C(OCc2cc(OCCc3ccccc3)c3ccccc3c2)C1. The highest BCUT2D eigenvalue weighted by Gasteiger charge is 2.34. The van der Waals surface area contributed by atoms with Crippen molar-refractivity contribution < 1.29 is 23.4 Å². The molecule has 1 aliphatic rings. The third-order valence-corrected chi connectivity index (χ3v) is 9.74. The van der Waals surface area contributed by atoms with Gasteiger partial charge in [-0.25, -0.2) is 9.18 Å². The Hall–Kier alpha value is -3.68. The minimum Gasteiger partial charge on any atom is -0.493 e. The fourth-order valence-electron chi connectivity index (χ4n) is 5.54. The van der Waals surface area contributed by atoms with Gasteiger partial charge in [0, 0.05) is 32.3 Å². The van der Waals surface area contributed by atoms with Gasteiger partial charge in [0.2, 0.25) is 0 Å². The second-order valence-corrected chi connectivity index (χ2v) is 18.2. The first-order valence-electron chi connectivity index (χ1n) is 15.2. The van der Waals surface area contributed by atoms with E-state index in [9.17, 15) is 9.18 Å². The number of ether oxygens (including phenoxy) is 3. The van der Waals surface area contributed by atoms with Crippen molar-refractivity contribution in [3.8, 4) is 5.75 Å². The molecule has 43 heavy (non-hydrogen) atoms. The summed E-state index contributed by atoms with van der Waals surface area (Å²) >= 11 is 0. The third kappa shape index (κ3) is 8.68. The average molecular weight is 600 g/mol. The van der Waals surface area contributed by atoms with Crippen molar-refractivity contribution in [2.24, 2.45) is 0 Å². The number of halogens is 1. The predicted molar refractivity (Wildman–Crippen MR) is 173 cm³/mol. The summed E-state index contributed by atoms with van der Waals surface area (Å²) in [4.78, 5) is 14.7. The first-order valence-corrected chi connectivity index (χ1v) is 18.9. The van der Waals surface area contributed by atoms with Gasteiger partial charge >= 0.3 is 6.09 Å². The smallest absolute Gasteiger partial charge is 0.409 e. The zero-order chi connectivity index (χ0) is 30.2. The van der Waals surface area contributed by atoms with Gasteiger partial charge in [-0.3, -0.25) is 0 Å². The molecular formula is C36H42FNO4Si. The summed E-state index contributed by atoms with van der Waals surface area (Å²) in [7, 11) is -1.31. The molecule has 5 rings (SSSR count). The molecular weight excluding hydrogens is 557 g/mol. The van der Waals surface area contributed by atoms with E-state index in [4.69, 9.17) is 14.2 Å². The molecule has 5 nitrogen and oxygen atoms in total. The van der Waals surface area contributed by atoms with Crippen LogP contribution in [0.2, 0.25) is 25.7 Å². The molecule has 1 saturated heterocycles. The van der Waals surface area contributed by atoms with E-state index in [0.717, 1.165) is 40.1 Å². The van der Waals surface area contributed by atoms with Crippen LogP contribution in [0.15, 0.2) is 91.0 Å². The van der Waals surface area contributed by atoms with E-state index in [2.05, 4.69) is 56.0 Å². The van der Waals surface area contributed by atoms with Crippen LogP contribution in [0.4, 0.5) is 9.18 Å². The molecule has 7 heteroatoms. The standard InChI is InChI=1S/C36H42FNO4Si/c1-43(2,3)22-21-41-36(39)38-19-17-33(29-13-15-31(37)16-14-29)35(25-38)42-26-28-23-30-11-7-8-12-32(30)34(24-28)40-20-18-27-9-5-4-6-10-27/h4-16,23-24,33,35H,17-22,25-26H2,1-3H3. The van der Waals surface area contributed by atoms with Gasteiger partial charge in [-0.2, -0.15) is 0 Å². The van der Waals surface area contributed by atoms with E-state index in [-0.39, 0.29) is 23.9 Å². The van der Waals surface area contributed by atoms with Crippen LogP contribution in [-0.4, -0.2) is 51.5 Å². The predicted octanol–water partition coefficient (Wildman–Crippen LogP) is 8.45. The number of hydrogen-bond donors (Lipinski definition) is 0. The molecule has 1 fully saturated rings. The van der Waals surface area contributed by atoms with Gasteiger partial charge in [0.25, 0.3) is 0 Å². The molecule has 2 unspecified atom stereocenters. The number of benzene rings is 4. The Bertz CT molecular complexity index is 1490. The van der Waals surface area contributed by atoms with Gasteiger partial charge in [0.15, 0.2) is 0 Å². The van der Waals surface area contributed by atoms with E-state index < -0.39 is 8.07 Å². The number of piperidine rings is 1. The number of hydrogen-bond acceptors (Lipinski definition) is 4. The van der Waals surface area contributed by atoms with Crippen molar-refractivity contribution in [2.45, 2.75) is 57.2 Å². The second-order valence-electron chi connectivity index (χ2n) is 12.6. The number of likely N-dealkylation sites (tertiary alicyclic amines) is 1. The highest BCUT2D eigenvalue weighted by atomic mass is 28.3. The Morgan fingerprint density at radius 3 is 2.42 bits per heavy atom. The molecule has 0 bridgehead atoms. The molecule has 0 aliphatic carbocycles. The largest absolute Gasteiger partial charge is 0.493 e. The Kier molecular flexibility index (Phi) is 10.2. The van der Waals surface area contributed by atoms with Crippen LogP contribution in [0, 0.1) is 5.82 Å². The summed E-state index contributed by atoms with van der Waals surface area (Å²) in [5.41, 5.74) is 3.25. The third-order valence-electron chi connectivity index (χ3n) is 8.03. The Labute approximate surface area is 255 Å². The molecule has 0 saturated carbocycles. The summed E-state index contributed by atoms with van der Waals surface area (Å²) in [6.07, 6.45) is 0.980. The molecule has 1 aliphatic heterocycles. The van der Waals surface area contributed by atoms with E-state index in [1.807, 2.05) is 42.5 Å². The van der Waals surface area contributed by atoms with E-state index in [0.29, 0.717) is 39.3 Å². The van der Waals surface area contributed by atoms with Crippen molar-refractivity contribution in [3.05, 3.63) is 114 Å². The lowest BCUT2D eigenvalue weighted by molar-refractivity contribution is -0.0234. The van der Waals surface area contributed by atoms with Crippen molar-refractivity contribution in [1.29, 1.82) is 0 Å². The molecule has 0 N–H and O–H groups in total.